The molecular weight excluding hydrogens is 278 g/mol. The van der Waals surface area contributed by atoms with Crippen LogP contribution in [0.1, 0.15) is 12.0 Å². The first kappa shape index (κ1) is 13.7. The Hall–Kier alpha value is -1.27. The molecule has 2 heterocycles. The summed E-state index contributed by atoms with van der Waals surface area (Å²) >= 11 is 0. The van der Waals surface area contributed by atoms with Gasteiger partial charge in [0.05, 0.1) is 11.5 Å². The Kier molecular flexibility index (Phi) is 3.85. The lowest BCUT2D eigenvalue weighted by molar-refractivity contribution is 0.171. The highest BCUT2D eigenvalue weighted by molar-refractivity contribution is 7.91. The third-order valence-electron chi connectivity index (χ3n) is 3.70. The molecule has 2 aliphatic rings. The van der Waals surface area contributed by atoms with E-state index in [4.69, 9.17) is 9.47 Å². The Morgan fingerprint density at radius 2 is 2.00 bits per heavy atom. The lowest BCUT2D eigenvalue weighted by atomic mass is 10.1. The topological polar surface area (TPSA) is 64.6 Å². The number of fused-ring (bicyclic) bond motifs is 1. The van der Waals surface area contributed by atoms with E-state index in [0.717, 1.165) is 30.0 Å². The van der Waals surface area contributed by atoms with Crippen LogP contribution in [0, 0.1) is 5.92 Å². The van der Waals surface area contributed by atoms with Crippen molar-refractivity contribution < 1.29 is 17.9 Å². The monoisotopic (exact) mass is 297 g/mol. The summed E-state index contributed by atoms with van der Waals surface area (Å²) in [6, 6.07) is 5.91. The van der Waals surface area contributed by atoms with Gasteiger partial charge in [0, 0.05) is 6.54 Å². The Labute approximate surface area is 119 Å². The number of hydrogen-bond donors (Lipinski definition) is 1. The van der Waals surface area contributed by atoms with Crippen LogP contribution in [0.25, 0.3) is 0 Å². The van der Waals surface area contributed by atoms with Crippen molar-refractivity contribution in [1.29, 1.82) is 0 Å². The highest BCUT2D eigenvalue weighted by atomic mass is 32.2. The molecule has 0 spiro atoms. The van der Waals surface area contributed by atoms with Crippen molar-refractivity contribution in [2.24, 2.45) is 5.92 Å². The summed E-state index contributed by atoms with van der Waals surface area (Å²) in [5.41, 5.74) is 1.12. The number of sulfone groups is 1. The van der Waals surface area contributed by atoms with Crippen LogP contribution in [-0.2, 0) is 16.4 Å². The van der Waals surface area contributed by atoms with Gasteiger partial charge >= 0.3 is 0 Å². The lowest BCUT2D eigenvalue weighted by Crippen LogP contribution is -2.23. The second-order valence-electron chi connectivity index (χ2n) is 5.38. The van der Waals surface area contributed by atoms with Gasteiger partial charge in [0.15, 0.2) is 21.3 Å². The van der Waals surface area contributed by atoms with E-state index in [9.17, 15) is 8.42 Å². The number of ether oxygens (including phenoxy) is 2. The summed E-state index contributed by atoms with van der Waals surface area (Å²) in [7, 11) is -2.78. The minimum absolute atomic E-state index is 0.247. The van der Waals surface area contributed by atoms with Crippen molar-refractivity contribution in [3.8, 4) is 11.5 Å². The van der Waals surface area contributed by atoms with Gasteiger partial charge in [0.1, 0.15) is 13.2 Å². The third kappa shape index (κ3) is 3.24. The zero-order valence-corrected chi connectivity index (χ0v) is 12.1. The van der Waals surface area contributed by atoms with Gasteiger partial charge in [-0.15, -0.1) is 0 Å². The normalized spacial score (nSPS) is 23.7. The van der Waals surface area contributed by atoms with Crippen LogP contribution in [0.5, 0.6) is 11.5 Å². The van der Waals surface area contributed by atoms with Crippen LogP contribution in [0.4, 0.5) is 0 Å². The smallest absolute Gasteiger partial charge is 0.161 e. The molecule has 6 heteroatoms. The predicted octanol–water partition coefficient (Wildman–Crippen LogP) is 0.982. The van der Waals surface area contributed by atoms with E-state index in [1.165, 1.54) is 0 Å². The molecule has 3 rings (SSSR count). The third-order valence-corrected chi connectivity index (χ3v) is 5.53. The maximum atomic E-state index is 11.4. The first-order chi connectivity index (χ1) is 9.62. The van der Waals surface area contributed by atoms with E-state index in [1.54, 1.807) is 0 Å². The molecule has 0 bridgehead atoms. The molecule has 0 radical (unpaired) electrons. The quantitative estimate of drug-likeness (QED) is 0.897. The molecular formula is C14H19NO4S. The maximum absolute atomic E-state index is 11.4. The van der Waals surface area contributed by atoms with Gasteiger partial charge in [-0.05, 0) is 36.6 Å². The van der Waals surface area contributed by atoms with Gasteiger partial charge in [-0.1, -0.05) is 6.07 Å². The van der Waals surface area contributed by atoms with Crippen LogP contribution in [0.15, 0.2) is 18.2 Å². The van der Waals surface area contributed by atoms with Crippen molar-refractivity contribution in [2.75, 3.05) is 31.3 Å². The van der Waals surface area contributed by atoms with E-state index in [1.807, 2.05) is 18.2 Å². The molecule has 1 aromatic rings. The van der Waals surface area contributed by atoms with Crippen LogP contribution in [0.3, 0.4) is 0 Å². The first-order valence-electron chi connectivity index (χ1n) is 6.92. The molecule has 1 aromatic carbocycles. The molecule has 1 atom stereocenters. The number of hydrogen-bond acceptors (Lipinski definition) is 5. The maximum Gasteiger partial charge on any atom is 0.161 e. The van der Waals surface area contributed by atoms with Gasteiger partial charge in [0.25, 0.3) is 0 Å². The highest BCUT2D eigenvalue weighted by Crippen LogP contribution is 2.30. The van der Waals surface area contributed by atoms with Gasteiger partial charge < -0.3 is 14.8 Å². The molecule has 20 heavy (non-hydrogen) atoms. The van der Waals surface area contributed by atoms with Crippen LogP contribution in [0.2, 0.25) is 0 Å². The second-order valence-corrected chi connectivity index (χ2v) is 7.61. The van der Waals surface area contributed by atoms with Gasteiger partial charge in [-0.25, -0.2) is 8.42 Å². The summed E-state index contributed by atoms with van der Waals surface area (Å²) in [6.07, 6.45) is 0.774. The van der Waals surface area contributed by atoms with Crippen molar-refractivity contribution in [1.82, 2.24) is 5.32 Å². The minimum atomic E-state index is -2.78. The van der Waals surface area contributed by atoms with E-state index < -0.39 is 9.84 Å². The Bertz CT molecular complexity index is 585. The summed E-state index contributed by atoms with van der Waals surface area (Å²) in [5.74, 6) is 2.49. The summed E-state index contributed by atoms with van der Waals surface area (Å²) in [6.45, 7) is 2.64. The molecule has 2 aliphatic heterocycles. The fourth-order valence-corrected chi connectivity index (χ4v) is 4.51. The Morgan fingerprint density at radius 3 is 2.75 bits per heavy atom. The zero-order chi connectivity index (χ0) is 14.0. The van der Waals surface area contributed by atoms with Crippen molar-refractivity contribution in [3.63, 3.8) is 0 Å². The molecule has 1 saturated heterocycles. The van der Waals surface area contributed by atoms with Crippen LogP contribution >= 0.6 is 0 Å². The number of nitrogens with one attached hydrogen (secondary N) is 1. The van der Waals surface area contributed by atoms with E-state index in [-0.39, 0.29) is 5.92 Å². The second kappa shape index (κ2) is 5.61. The molecule has 110 valence electrons. The number of rotatable bonds is 4. The average molecular weight is 297 g/mol. The number of benzene rings is 1. The minimum Gasteiger partial charge on any atom is -0.486 e. The van der Waals surface area contributed by atoms with E-state index >= 15 is 0 Å². The van der Waals surface area contributed by atoms with Gasteiger partial charge in [-0.2, -0.15) is 0 Å². The van der Waals surface area contributed by atoms with E-state index in [2.05, 4.69) is 5.32 Å². The lowest BCUT2D eigenvalue weighted by Gasteiger charge is -2.19. The fraction of sp³-hybridized carbons (Fsp3) is 0.571. The summed E-state index contributed by atoms with van der Waals surface area (Å²) in [4.78, 5) is 0. The summed E-state index contributed by atoms with van der Waals surface area (Å²) < 4.78 is 33.8. The fourth-order valence-electron chi connectivity index (χ4n) is 2.65. The molecule has 0 amide bonds. The predicted molar refractivity (Wildman–Crippen MR) is 75.9 cm³/mol. The first-order valence-corrected chi connectivity index (χ1v) is 8.74. The van der Waals surface area contributed by atoms with Gasteiger partial charge in [-0.3, -0.25) is 0 Å². The largest absolute Gasteiger partial charge is 0.486 e. The Balaban J connectivity index is 1.51. The summed E-state index contributed by atoms with van der Waals surface area (Å²) in [5, 5.41) is 3.33. The van der Waals surface area contributed by atoms with Crippen molar-refractivity contribution >= 4 is 9.84 Å². The molecule has 1 fully saturated rings. The van der Waals surface area contributed by atoms with Gasteiger partial charge in [0.2, 0.25) is 0 Å². The standard InChI is InChI=1S/C14H19NO4S/c16-20(17)6-3-12(10-20)9-15-8-11-1-2-13-14(7-11)19-5-4-18-13/h1-2,7,12,15H,3-6,8-10H2. The average Bonchev–Trinajstić information content (AvgIpc) is 2.78. The zero-order valence-electron chi connectivity index (χ0n) is 11.3. The molecule has 0 saturated carbocycles. The molecule has 1 N–H and O–H groups in total. The highest BCUT2D eigenvalue weighted by Gasteiger charge is 2.27. The van der Waals surface area contributed by atoms with Crippen molar-refractivity contribution in [3.05, 3.63) is 23.8 Å². The molecule has 1 unspecified atom stereocenters. The molecule has 0 aromatic heterocycles. The SMILES string of the molecule is O=S1(=O)CCC(CNCc2ccc3c(c2)OCCO3)C1. The van der Waals surface area contributed by atoms with E-state index in [0.29, 0.717) is 31.3 Å². The molecule has 5 nitrogen and oxygen atoms in total. The van der Waals surface area contributed by atoms with Crippen LogP contribution in [-0.4, -0.2) is 39.7 Å². The van der Waals surface area contributed by atoms with Crippen LogP contribution < -0.4 is 14.8 Å². The van der Waals surface area contributed by atoms with Crippen molar-refractivity contribution in [2.45, 2.75) is 13.0 Å². The molecule has 0 aliphatic carbocycles. The Morgan fingerprint density at radius 1 is 1.20 bits per heavy atom.